The minimum absolute atomic E-state index is 0.0221. The van der Waals surface area contributed by atoms with Gasteiger partial charge in [0.25, 0.3) is 0 Å². The van der Waals surface area contributed by atoms with Gasteiger partial charge in [-0.1, -0.05) is 18.2 Å². The maximum Gasteiger partial charge on any atom is 0.459 e. The first kappa shape index (κ1) is 31.2. The van der Waals surface area contributed by atoms with Crippen molar-refractivity contribution in [1.29, 1.82) is 0 Å². The fraction of sp³-hybridized carbons (Fsp3) is 0.500. The van der Waals surface area contributed by atoms with Crippen LogP contribution in [0.1, 0.15) is 27.7 Å². The molecule has 1 unspecified atom stereocenters. The van der Waals surface area contributed by atoms with E-state index < -0.39 is 50.5 Å². The van der Waals surface area contributed by atoms with Gasteiger partial charge in [0, 0.05) is 14.2 Å². The molecule has 0 saturated carbocycles. The average molecular weight is 584 g/mol. The number of hydrogen-bond donors (Lipinski definition) is 4. The molecule has 0 aliphatic carbocycles. The topological polar surface area (TPSA) is 185 Å². The highest BCUT2D eigenvalue weighted by molar-refractivity contribution is 7.52. The first-order valence-corrected chi connectivity index (χ1v) is 13.9. The standard InChI is InChI=1S/C24H35FN7O7P/c1-14(2)38-22(34)15(3)31-40(35,39-16-10-8-7-9-11-16)37-12-17(36-6)19(33)24(4,25)32-13-28-18-20(27-5)29-23(26)30-21(18)32/h7-11,13-15,17,19,33H,12H2,1-6H3,(H,31,35)(H3,26,27,29,30)/t15-,17?,19+,24-,40+/m0/s1. The number of aliphatic hydroxyl groups excluding tert-OH is 1. The SMILES string of the molecule is CNc1nc(N)nc2c1ncn2[C@](C)(F)[C@H](O)C(CO[P@](=O)(N[C@@H](C)C(=O)OC(C)C)Oc1ccccc1)OC. The average Bonchev–Trinajstić information content (AvgIpc) is 3.33. The number of aliphatic hydroxyl groups is 1. The van der Waals surface area contributed by atoms with E-state index in [-0.39, 0.29) is 28.7 Å². The number of fused-ring (bicyclic) bond motifs is 1. The van der Waals surface area contributed by atoms with Crippen LogP contribution in [0.3, 0.4) is 0 Å². The number of benzene rings is 1. The Kier molecular flexibility index (Phi) is 10.0. The number of esters is 1. The van der Waals surface area contributed by atoms with Crippen LogP contribution >= 0.6 is 7.75 Å². The van der Waals surface area contributed by atoms with Crippen LogP contribution in [0.5, 0.6) is 5.75 Å². The number of carbonyl (C=O) groups is 1. The molecule has 0 amide bonds. The Hall–Kier alpha value is -3.36. The van der Waals surface area contributed by atoms with Crippen molar-refractivity contribution in [1.82, 2.24) is 24.6 Å². The number of nitrogens with zero attached hydrogens (tertiary/aromatic N) is 4. The Balaban J connectivity index is 1.85. The van der Waals surface area contributed by atoms with Gasteiger partial charge in [-0.05, 0) is 39.8 Å². The molecular formula is C24H35FN7O7P. The van der Waals surface area contributed by atoms with Crippen molar-refractivity contribution in [3.8, 4) is 5.75 Å². The van der Waals surface area contributed by atoms with Crippen molar-refractivity contribution in [3.05, 3.63) is 36.7 Å². The van der Waals surface area contributed by atoms with Gasteiger partial charge in [-0.2, -0.15) is 15.1 Å². The van der Waals surface area contributed by atoms with Gasteiger partial charge >= 0.3 is 13.7 Å². The van der Waals surface area contributed by atoms with Crippen LogP contribution < -0.4 is 20.7 Å². The van der Waals surface area contributed by atoms with Crippen molar-refractivity contribution >= 4 is 36.6 Å². The van der Waals surface area contributed by atoms with E-state index in [1.54, 1.807) is 39.1 Å². The number of imidazole rings is 1. The summed E-state index contributed by atoms with van der Waals surface area (Å²) in [6, 6.07) is 7.00. The van der Waals surface area contributed by atoms with E-state index in [0.717, 1.165) is 17.8 Å². The molecule has 1 aromatic carbocycles. The monoisotopic (exact) mass is 583 g/mol. The van der Waals surface area contributed by atoms with Crippen LogP contribution in [0, 0.1) is 0 Å². The Morgan fingerprint density at radius 1 is 1.25 bits per heavy atom. The number of halogens is 1. The summed E-state index contributed by atoms with van der Waals surface area (Å²) < 4.78 is 52.6. The molecule has 3 aromatic rings. The molecule has 0 aliphatic rings. The molecule has 2 heterocycles. The zero-order chi connectivity index (χ0) is 29.7. The lowest BCUT2D eigenvalue weighted by Crippen LogP contribution is -2.48. The van der Waals surface area contributed by atoms with E-state index in [2.05, 4.69) is 25.4 Å². The number of aromatic nitrogens is 4. The van der Waals surface area contributed by atoms with Crippen LogP contribution in [0.4, 0.5) is 16.2 Å². The Labute approximate surface area is 231 Å². The second-order valence-corrected chi connectivity index (χ2v) is 10.9. The molecule has 14 nitrogen and oxygen atoms in total. The number of rotatable bonds is 14. The Morgan fingerprint density at radius 3 is 2.52 bits per heavy atom. The summed E-state index contributed by atoms with van der Waals surface area (Å²) in [6.07, 6.45) is -2.53. The molecule has 40 heavy (non-hydrogen) atoms. The molecular weight excluding hydrogens is 548 g/mol. The number of ether oxygens (including phenoxy) is 2. The summed E-state index contributed by atoms with van der Waals surface area (Å²) in [7, 11) is -1.49. The lowest BCUT2D eigenvalue weighted by atomic mass is 10.0. The van der Waals surface area contributed by atoms with Crippen LogP contribution in [-0.4, -0.2) is 75.7 Å². The predicted octanol–water partition coefficient (Wildman–Crippen LogP) is 2.60. The minimum Gasteiger partial charge on any atom is -0.462 e. The number of alkyl halides is 1. The molecule has 0 bridgehead atoms. The number of nitrogen functional groups attached to an aromatic ring is 1. The number of para-hydroxylation sites is 1. The lowest BCUT2D eigenvalue weighted by molar-refractivity contribution is -0.149. The van der Waals surface area contributed by atoms with Gasteiger partial charge < -0.3 is 30.2 Å². The van der Waals surface area contributed by atoms with Crippen molar-refractivity contribution < 1.29 is 37.4 Å². The quantitative estimate of drug-likeness (QED) is 0.160. The zero-order valence-electron chi connectivity index (χ0n) is 23.1. The van der Waals surface area contributed by atoms with Crippen molar-refractivity contribution in [2.24, 2.45) is 0 Å². The number of anilines is 2. The van der Waals surface area contributed by atoms with Gasteiger partial charge in [-0.25, -0.2) is 13.9 Å². The first-order valence-electron chi connectivity index (χ1n) is 12.4. The van der Waals surface area contributed by atoms with Gasteiger partial charge in [0.2, 0.25) is 11.7 Å². The smallest absolute Gasteiger partial charge is 0.459 e. The number of nitrogens with one attached hydrogen (secondary N) is 2. The molecule has 5 atom stereocenters. The second-order valence-electron chi connectivity index (χ2n) is 9.24. The number of hydrogen-bond acceptors (Lipinski definition) is 12. The molecule has 0 fully saturated rings. The summed E-state index contributed by atoms with van der Waals surface area (Å²) >= 11 is 0. The Morgan fingerprint density at radius 2 is 1.93 bits per heavy atom. The van der Waals surface area contributed by atoms with Gasteiger partial charge in [0.15, 0.2) is 17.0 Å². The molecule has 0 saturated heterocycles. The van der Waals surface area contributed by atoms with Crippen molar-refractivity contribution in [3.63, 3.8) is 0 Å². The van der Waals surface area contributed by atoms with Crippen LogP contribution in [0.2, 0.25) is 0 Å². The summed E-state index contributed by atoms with van der Waals surface area (Å²) in [5.74, 6) is -2.94. The number of nitrogens with two attached hydrogens (primary N) is 1. The zero-order valence-corrected chi connectivity index (χ0v) is 24.0. The second kappa shape index (κ2) is 12.9. The van der Waals surface area contributed by atoms with Gasteiger partial charge in [-0.3, -0.25) is 13.9 Å². The molecule has 0 aliphatic heterocycles. The first-order chi connectivity index (χ1) is 18.8. The lowest BCUT2D eigenvalue weighted by Gasteiger charge is -2.33. The van der Waals surface area contributed by atoms with E-state index in [9.17, 15) is 14.5 Å². The highest BCUT2D eigenvalue weighted by Gasteiger charge is 2.44. The molecule has 16 heteroatoms. The fourth-order valence-corrected chi connectivity index (χ4v) is 5.19. The molecule has 5 N–H and O–H groups in total. The van der Waals surface area contributed by atoms with Crippen LogP contribution in [-0.2, 0) is 29.1 Å². The normalized spacial score (nSPS) is 17.0. The maximum atomic E-state index is 16.2. The molecule has 0 spiro atoms. The highest BCUT2D eigenvalue weighted by atomic mass is 31.2. The maximum absolute atomic E-state index is 16.2. The van der Waals surface area contributed by atoms with Crippen LogP contribution in [0.25, 0.3) is 11.2 Å². The summed E-state index contributed by atoms with van der Waals surface area (Å²) in [5.41, 5.74) is 6.01. The largest absolute Gasteiger partial charge is 0.462 e. The molecule has 3 rings (SSSR count). The third-order valence-electron chi connectivity index (χ3n) is 5.75. The van der Waals surface area contributed by atoms with Gasteiger partial charge in [0.1, 0.15) is 24.0 Å². The van der Waals surface area contributed by atoms with Gasteiger partial charge in [-0.15, -0.1) is 0 Å². The van der Waals surface area contributed by atoms with E-state index in [4.69, 9.17) is 24.3 Å². The summed E-state index contributed by atoms with van der Waals surface area (Å²) in [5, 5.41) is 16.4. The van der Waals surface area contributed by atoms with Crippen LogP contribution in [0.15, 0.2) is 36.7 Å². The molecule has 0 radical (unpaired) electrons. The van der Waals surface area contributed by atoms with Crippen molar-refractivity contribution in [2.45, 2.75) is 57.8 Å². The van der Waals surface area contributed by atoms with Gasteiger partial charge in [0.05, 0.1) is 19.0 Å². The summed E-state index contributed by atoms with van der Waals surface area (Å²) in [6.45, 7) is 5.25. The summed E-state index contributed by atoms with van der Waals surface area (Å²) in [4.78, 5) is 24.6. The third kappa shape index (κ3) is 7.23. The molecule has 220 valence electrons. The third-order valence-corrected chi connectivity index (χ3v) is 7.39. The minimum atomic E-state index is -4.30. The van der Waals surface area contributed by atoms with E-state index in [1.807, 2.05) is 0 Å². The highest BCUT2D eigenvalue weighted by Crippen LogP contribution is 2.45. The predicted molar refractivity (Wildman–Crippen MR) is 145 cm³/mol. The molecule has 2 aromatic heterocycles. The van der Waals surface area contributed by atoms with E-state index in [1.165, 1.54) is 26.2 Å². The van der Waals surface area contributed by atoms with Crippen molar-refractivity contribution in [2.75, 3.05) is 31.8 Å². The van der Waals surface area contributed by atoms with E-state index >= 15 is 4.39 Å². The van der Waals surface area contributed by atoms with E-state index in [0.29, 0.717) is 0 Å². The number of carbonyl (C=O) groups excluding carboxylic acids is 1. The number of methoxy groups -OCH3 is 1. The Bertz CT molecular complexity index is 1340. The fourth-order valence-electron chi connectivity index (χ4n) is 3.69.